The molecule has 0 atom stereocenters. The van der Waals surface area contributed by atoms with Gasteiger partial charge in [-0.3, -0.25) is 0 Å². The summed E-state index contributed by atoms with van der Waals surface area (Å²) in [4.78, 5) is 2.34. The van der Waals surface area contributed by atoms with E-state index >= 15 is 0 Å². The first-order valence-electron chi connectivity index (χ1n) is 6.23. The van der Waals surface area contributed by atoms with Crippen LogP contribution in [0.3, 0.4) is 0 Å². The van der Waals surface area contributed by atoms with Gasteiger partial charge in [0.2, 0.25) is 0 Å². The molecule has 2 nitrogen and oxygen atoms in total. The fourth-order valence-electron chi connectivity index (χ4n) is 1.86. The molecule has 0 bridgehead atoms. The molecule has 0 aliphatic heterocycles. The Hall–Kier alpha value is -1.02. The van der Waals surface area contributed by atoms with Crippen LogP contribution in [-0.2, 0) is 0 Å². The summed E-state index contributed by atoms with van der Waals surface area (Å²) in [7, 11) is 2.17. The number of nitrogens with one attached hydrogen (secondary N) is 1. The van der Waals surface area contributed by atoms with Crippen LogP contribution in [0.5, 0.6) is 0 Å². The van der Waals surface area contributed by atoms with Gasteiger partial charge in [0.05, 0.1) is 0 Å². The highest BCUT2D eigenvalue weighted by Gasteiger charge is 2.02. The van der Waals surface area contributed by atoms with Gasteiger partial charge in [-0.05, 0) is 44.5 Å². The molecule has 0 aromatic heterocycles. The molecule has 0 unspecified atom stereocenters. The van der Waals surface area contributed by atoms with E-state index in [1.54, 1.807) is 0 Å². The maximum Gasteiger partial charge on any atom is 0.0393 e. The Balaban J connectivity index is 2.30. The maximum absolute atomic E-state index is 3.43. The first-order chi connectivity index (χ1) is 7.75. The van der Waals surface area contributed by atoms with Gasteiger partial charge in [0, 0.05) is 19.3 Å². The van der Waals surface area contributed by atoms with Crippen molar-refractivity contribution in [1.29, 1.82) is 0 Å². The third-order valence-corrected chi connectivity index (χ3v) is 2.80. The molecule has 90 valence electrons. The molecule has 1 rings (SSSR count). The zero-order valence-corrected chi connectivity index (χ0v) is 10.8. The molecule has 0 radical (unpaired) electrons. The van der Waals surface area contributed by atoms with Gasteiger partial charge in [-0.25, -0.2) is 0 Å². The average Bonchev–Trinajstić information content (AvgIpc) is 2.29. The topological polar surface area (TPSA) is 15.3 Å². The molecular weight excluding hydrogens is 196 g/mol. The van der Waals surface area contributed by atoms with Crippen LogP contribution < -0.4 is 10.2 Å². The molecule has 0 fully saturated rings. The Labute approximate surface area is 99.7 Å². The maximum atomic E-state index is 3.43. The van der Waals surface area contributed by atoms with E-state index in [0.717, 1.165) is 19.6 Å². The van der Waals surface area contributed by atoms with E-state index in [4.69, 9.17) is 0 Å². The third kappa shape index (κ3) is 4.23. The van der Waals surface area contributed by atoms with Crippen molar-refractivity contribution >= 4 is 5.69 Å². The minimum absolute atomic E-state index is 1.11. The van der Waals surface area contributed by atoms with Crippen molar-refractivity contribution in [2.24, 2.45) is 0 Å². The van der Waals surface area contributed by atoms with Crippen molar-refractivity contribution in [2.75, 3.05) is 31.6 Å². The molecule has 2 heteroatoms. The number of para-hydroxylation sites is 1. The molecule has 0 spiro atoms. The van der Waals surface area contributed by atoms with Gasteiger partial charge >= 0.3 is 0 Å². The van der Waals surface area contributed by atoms with Gasteiger partial charge in [-0.1, -0.05) is 25.1 Å². The summed E-state index contributed by atoms with van der Waals surface area (Å²) in [5.41, 5.74) is 2.70. The van der Waals surface area contributed by atoms with Crippen LogP contribution in [0.2, 0.25) is 0 Å². The monoisotopic (exact) mass is 220 g/mol. The number of hydrogen-bond acceptors (Lipinski definition) is 2. The van der Waals surface area contributed by atoms with Crippen molar-refractivity contribution in [2.45, 2.75) is 26.7 Å². The van der Waals surface area contributed by atoms with Crippen LogP contribution in [0, 0.1) is 6.92 Å². The van der Waals surface area contributed by atoms with Crippen molar-refractivity contribution in [3.63, 3.8) is 0 Å². The minimum atomic E-state index is 1.11. The van der Waals surface area contributed by atoms with Crippen LogP contribution in [0.1, 0.15) is 25.3 Å². The lowest BCUT2D eigenvalue weighted by molar-refractivity contribution is 0.637. The normalized spacial score (nSPS) is 10.4. The molecule has 1 aromatic rings. The minimum Gasteiger partial charge on any atom is -0.374 e. The van der Waals surface area contributed by atoms with Gasteiger partial charge in [0.1, 0.15) is 0 Å². The van der Waals surface area contributed by atoms with Gasteiger partial charge in [-0.2, -0.15) is 0 Å². The Morgan fingerprint density at radius 2 is 1.94 bits per heavy atom. The third-order valence-electron chi connectivity index (χ3n) is 2.80. The number of rotatable bonds is 7. The molecule has 0 amide bonds. The second-order valence-corrected chi connectivity index (χ2v) is 4.31. The molecular formula is C14H24N2. The van der Waals surface area contributed by atoms with Crippen LogP contribution in [0.4, 0.5) is 5.69 Å². The van der Waals surface area contributed by atoms with E-state index in [-0.39, 0.29) is 0 Å². The predicted octanol–water partition coefficient (Wildman–Crippen LogP) is 2.82. The zero-order valence-electron chi connectivity index (χ0n) is 10.8. The quantitative estimate of drug-likeness (QED) is 0.711. The number of anilines is 1. The van der Waals surface area contributed by atoms with Crippen LogP contribution in [-0.4, -0.2) is 26.7 Å². The highest BCUT2D eigenvalue weighted by atomic mass is 15.1. The Kier molecular flexibility index (Phi) is 5.94. The molecule has 0 saturated heterocycles. The van der Waals surface area contributed by atoms with E-state index in [2.05, 4.69) is 55.4 Å². The average molecular weight is 220 g/mol. The van der Waals surface area contributed by atoms with E-state index in [1.807, 2.05) is 0 Å². The fraction of sp³-hybridized carbons (Fsp3) is 0.571. The van der Waals surface area contributed by atoms with Crippen molar-refractivity contribution in [1.82, 2.24) is 5.32 Å². The number of nitrogens with zero attached hydrogens (tertiary/aromatic N) is 1. The fourth-order valence-corrected chi connectivity index (χ4v) is 1.86. The SMILES string of the molecule is CCCNCCCN(C)c1ccccc1C. The molecule has 16 heavy (non-hydrogen) atoms. The largest absolute Gasteiger partial charge is 0.374 e. The number of hydrogen-bond donors (Lipinski definition) is 1. The zero-order chi connectivity index (χ0) is 11.8. The molecule has 1 N–H and O–H groups in total. The molecule has 0 aliphatic rings. The second-order valence-electron chi connectivity index (χ2n) is 4.31. The molecule has 0 aliphatic carbocycles. The van der Waals surface area contributed by atoms with Crippen LogP contribution >= 0.6 is 0 Å². The summed E-state index contributed by atoms with van der Waals surface area (Å²) in [6.07, 6.45) is 2.42. The summed E-state index contributed by atoms with van der Waals surface area (Å²) in [6, 6.07) is 8.56. The molecule has 0 heterocycles. The lowest BCUT2D eigenvalue weighted by atomic mass is 10.2. The van der Waals surface area contributed by atoms with E-state index in [1.165, 1.54) is 24.1 Å². The first kappa shape index (κ1) is 13.0. The Morgan fingerprint density at radius 3 is 2.62 bits per heavy atom. The van der Waals surface area contributed by atoms with Crippen LogP contribution in [0.15, 0.2) is 24.3 Å². The van der Waals surface area contributed by atoms with E-state index in [0.29, 0.717) is 0 Å². The van der Waals surface area contributed by atoms with Gasteiger partial charge in [0.15, 0.2) is 0 Å². The second kappa shape index (κ2) is 7.29. The van der Waals surface area contributed by atoms with E-state index < -0.39 is 0 Å². The van der Waals surface area contributed by atoms with E-state index in [9.17, 15) is 0 Å². The standard InChI is InChI=1S/C14H24N2/c1-4-10-15-11-7-12-16(3)14-9-6-5-8-13(14)2/h5-6,8-9,15H,4,7,10-12H2,1-3H3. The lowest BCUT2D eigenvalue weighted by Gasteiger charge is -2.21. The Bertz CT molecular complexity index is 297. The Morgan fingerprint density at radius 1 is 1.19 bits per heavy atom. The summed E-state index contributed by atoms with van der Waals surface area (Å²) >= 11 is 0. The summed E-state index contributed by atoms with van der Waals surface area (Å²) in [6.45, 7) is 7.73. The lowest BCUT2D eigenvalue weighted by Crippen LogP contribution is -2.24. The highest BCUT2D eigenvalue weighted by molar-refractivity contribution is 5.52. The van der Waals surface area contributed by atoms with Gasteiger partial charge in [0.25, 0.3) is 0 Å². The summed E-state index contributed by atoms with van der Waals surface area (Å²) in [5.74, 6) is 0. The predicted molar refractivity (Wildman–Crippen MR) is 72.2 cm³/mol. The number of aryl methyl sites for hydroxylation is 1. The number of benzene rings is 1. The van der Waals surface area contributed by atoms with Gasteiger partial charge < -0.3 is 10.2 Å². The molecule has 1 aromatic carbocycles. The van der Waals surface area contributed by atoms with Crippen molar-refractivity contribution in [3.05, 3.63) is 29.8 Å². The van der Waals surface area contributed by atoms with Crippen molar-refractivity contribution in [3.8, 4) is 0 Å². The van der Waals surface area contributed by atoms with Crippen LogP contribution in [0.25, 0.3) is 0 Å². The van der Waals surface area contributed by atoms with Crippen molar-refractivity contribution < 1.29 is 0 Å². The highest BCUT2D eigenvalue weighted by Crippen LogP contribution is 2.17. The molecule has 0 saturated carbocycles. The summed E-state index contributed by atoms with van der Waals surface area (Å²) in [5, 5.41) is 3.43. The van der Waals surface area contributed by atoms with Gasteiger partial charge in [-0.15, -0.1) is 0 Å². The smallest absolute Gasteiger partial charge is 0.0393 e. The first-order valence-corrected chi connectivity index (χ1v) is 6.23. The summed E-state index contributed by atoms with van der Waals surface area (Å²) < 4.78 is 0.